The summed E-state index contributed by atoms with van der Waals surface area (Å²) >= 11 is 0. The summed E-state index contributed by atoms with van der Waals surface area (Å²) in [5, 5.41) is 11.4. The molecule has 35 heavy (non-hydrogen) atoms. The minimum absolute atomic E-state index is 0.0213. The van der Waals surface area contributed by atoms with Crippen LogP contribution in [0, 0.1) is 5.82 Å². The van der Waals surface area contributed by atoms with Crippen molar-refractivity contribution in [3.8, 4) is 22.8 Å². The van der Waals surface area contributed by atoms with E-state index in [4.69, 9.17) is 15.2 Å². The van der Waals surface area contributed by atoms with Gasteiger partial charge in [0.15, 0.2) is 5.78 Å². The second-order valence-electron chi connectivity index (χ2n) is 9.15. The minimum atomic E-state index is -1.51. The van der Waals surface area contributed by atoms with Crippen molar-refractivity contribution in [1.29, 1.82) is 0 Å². The molecule has 1 amide bonds. The van der Waals surface area contributed by atoms with E-state index >= 15 is 0 Å². The normalized spacial score (nSPS) is 18.3. The molecule has 8 heteroatoms. The number of carbonyl (C=O) groups excluding carboxylic acids is 2. The van der Waals surface area contributed by atoms with Crippen LogP contribution in [0.2, 0.25) is 0 Å². The molecule has 0 saturated carbocycles. The standard InChI is InChI=1S/C27H27FN2O5/c1-26(25(29)32)15-35-24-20(26)14-22(30-23(24)16-7-9-18(28)10-8-16)27(2,33)12-11-21(31)17-5-4-6-19(13-17)34-3/h4-10,13-14,33H,11-12,15H2,1-3H3,(H2,29,32)/t26-,27-/m0/s1. The lowest BCUT2D eigenvalue weighted by molar-refractivity contribution is -0.123. The monoisotopic (exact) mass is 478 g/mol. The van der Waals surface area contributed by atoms with Crippen molar-refractivity contribution in [2.24, 2.45) is 5.73 Å². The Morgan fingerprint density at radius 3 is 2.60 bits per heavy atom. The first kappa shape index (κ1) is 24.3. The molecule has 0 aliphatic carbocycles. The molecule has 182 valence electrons. The molecular weight excluding hydrogens is 451 g/mol. The fourth-order valence-corrected chi connectivity index (χ4v) is 4.09. The molecule has 1 aliphatic rings. The van der Waals surface area contributed by atoms with Gasteiger partial charge in [-0.2, -0.15) is 0 Å². The van der Waals surface area contributed by atoms with Crippen molar-refractivity contribution in [3.05, 3.63) is 77.2 Å². The largest absolute Gasteiger partial charge is 0.497 e. The number of aliphatic hydroxyl groups is 1. The van der Waals surface area contributed by atoms with Crippen molar-refractivity contribution in [2.45, 2.75) is 37.7 Å². The number of ether oxygens (including phenoxy) is 2. The molecule has 0 saturated heterocycles. The Hall–Kier alpha value is -3.78. The van der Waals surface area contributed by atoms with Crippen LogP contribution >= 0.6 is 0 Å². The molecule has 0 unspecified atom stereocenters. The van der Waals surface area contributed by atoms with Gasteiger partial charge in [0.05, 0.1) is 12.8 Å². The Labute approximate surface area is 202 Å². The molecule has 2 atom stereocenters. The quantitative estimate of drug-likeness (QED) is 0.475. The second-order valence-corrected chi connectivity index (χ2v) is 9.15. The third-order valence-corrected chi connectivity index (χ3v) is 6.52. The topological polar surface area (TPSA) is 112 Å². The van der Waals surface area contributed by atoms with Gasteiger partial charge in [-0.1, -0.05) is 12.1 Å². The molecule has 3 N–H and O–H groups in total. The maximum absolute atomic E-state index is 13.5. The summed E-state index contributed by atoms with van der Waals surface area (Å²) in [7, 11) is 1.52. The van der Waals surface area contributed by atoms with Gasteiger partial charge in [0.25, 0.3) is 0 Å². The molecule has 2 aromatic carbocycles. The smallest absolute Gasteiger partial charge is 0.231 e. The summed E-state index contributed by atoms with van der Waals surface area (Å²) in [6.45, 7) is 3.25. The lowest BCUT2D eigenvalue weighted by Crippen LogP contribution is -2.40. The Kier molecular flexibility index (Phi) is 6.34. The second kappa shape index (κ2) is 9.11. The predicted molar refractivity (Wildman–Crippen MR) is 128 cm³/mol. The van der Waals surface area contributed by atoms with Crippen molar-refractivity contribution in [1.82, 2.24) is 4.98 Å². The molecule has 0 spiro atoms. The number of pyridine rings is 1. The SMILES string of the molecule is COc1cccc(C(=O)CC[C@](C)(O)c2cc3c(c(-c4ccc(F)cc4)n2)OC[C@]3(C)C(N)=O)c1. The molecule has 7 nitrogen and oxygen atoms in total. The van der Waals surface area contributed by atoms with E-state index in [0.717, 1.165) is 0 Å². The van der Waals surface area contributed by atoms with Crippen LogP contribution in [0.1, 0.15) is 48.3 Å². The first-order chi connectivity index (χ1) is 16.5. The fraction of sp³-hybridized carbons (Fsp3) is 0.296. The predicted octanol–water partition coefficient (Wildman–Crippen LogP) is 3.90. The van der Waals surface area contributed by atoms with Crippen LogP contribution in [0.3, 0.4) is 0 Å². The lowest BCUT2D eigenvalue weighted by Gasteiger charge is -2.26. The summed E-state index contributed by atoms with van der Waals surface area (Å²) in [4.78, 5) is 29.7. The highest BCUT2D eigenvalue weighted by molar-refractivity contribution is 5.96. The molecule has 0 bridgehead atoms. The van der Waals surface area contributed by atoms with E-state index in [1.807, 2.05) is 0 Å². The Morgan fingerprint density at radius 1 is 1.23 bits per heavy atom. The fourth-order valence-electron chi connectivity index (χ4n) is 4.09. The average molecular weight is 479 g/mol. The molecule has 0 fully saturated rings. The summed E-state index contributed by atoms with van der Waals surface area (Å²) in [5.41, 5.74) is 5.20. The Balaban J connectivity index is 1.71. The number of ketones is 1. The van der Waals surface area contributed by atoms with Gasteiger partial charge >= 0.3 is 0 Å². The molecular formula is C27H27FN2O5. The van der Waals surface area contributed by atoms with Crippen LogP contribution in [0.5, 0.6) is 11.5 Å². The van der Waals surface area contributed by atoms with Gasteiger partial charge < -0.3 is 20.3 Å². The van der Waals surface area contributed by atoms with E-state index in [0.29, 0.717) is 33.9 Å². The zero-order chi connectivity index (χ0) is 25.4. The maximum atomic E-state index is 13.5. The first-order valence-corrected chi connectivity index (χ1v) is 11.2. The van der Waals surface area contributed by atoms with Gasteiger partial charge in [-0.05, 0) is 62.7 Å². The van der Waals surface area contributed by atoms with Crippen molar-refractivity contribution >= 4 is 11.7 Å². The number of benzene rings is 2. The number of methoxy groups -OCH3 is 1. The number of nitrogens with zero attached hydrogens (tertiary/aromatic N) is 1. The number of hydrogen-bond acceptors (Lipinski definition) is 6. The number of carbonyl (C=O) groups is 2. The van der Waals surface area contributed by atoms with Gasteiger partial charge in [-0.25, -0.2) is 9.37 Å². The highest BCUT2D eigenvalue weighted by atomic mass is 19.1. The number of primary amides is 1. The van der Waals surface area contributed by atoms with Crippen LogP contribution in [0.4, 0.5) is 4.39 Å². The number of halogens is 1. The zero-order valence-corrected chi connectivity index (χ0v) is 19.8. The van der Waals surface area contributed by atoms with Crippen LogP contribution < -0.4 is 15.2 Å². The van der Waals surface area contributed by atoms with Gasteiger partial charge in [-0.3, -0.25) is 9.59 Å². The van der Waals surface area contributed by atoms with Crippen LogP contribution in [-0.2, 0) is 15.8 Å². The maximum Gasteiger partial charge on any atom is 0.231 e. The van der Waals surface area contributed by atoms with E-state index in [1.54, 1.807) is 56.3 Å². The summed E-state index contributed by atoms with van der Waals surface area (Å²) in [5.74, 6) is -0.212. The highest BCUT2D eigenvalue weighted by Crippen LogP contribution is 2.45. The zero-order valence-electron chi connectivity index (χ0n) is 19.8. The summed E-state index contributed by atoms with van der Waals surface area (Å²) in [6.07, 6.45) is 0.125. The average Bonchev–Trinajstić information content (AvgIpc) is 3.20. The van der Waals surface area contributed by atoms with Crippen LogP contribution in [0.15, 0.2) is 54.6 Å². The van der Waals surface area contributed by atoms with Gasteiger partial charge in [0.1, 0.15) is 40.6 Å². The molecule has 1 aromatic heterocycles. The van der Waals surface area contributed by atoms with E-state index < -0.39 is 22.7 Å². The van der Waals surface area contributed by atoms with Gasteiger partial charge in [-0.15, -0.1) is 0 Å². The Bertz CT molecular complexity index is 1290. The van der Waals surface area contributed by atoms with Crippen LogP contribution in [-0.4, -0.2) is 35.5 Å². The number of amides is 1. The number of fused-ring (bicyclic) bond motifs is 1. The molecule has 2 heterocycles. The van der Waals surface area contributed by atoms with Gasteiger partial charge in [0.2, 0.25) is 5.91 Å². The number of Topliss-reactive ketones (excluding diaryl/α,β-unsaturated/α-hetero) is 1. The number of hydrogen-bond donors (Lipinski definition) is 2. The summed E-state index contributed by atoms with van der Waals surface area (Å²) < 4.78 is 24.6. The minimum Gasteiger partial charge on any atom is -0.497 e. The molecule has 4 rings (SSSR count). The molecule has 0 radical (unpaired) electrons. The number of nitrogens with two attached hydrogens (primary N) is 1. The highest BCUT2D eigenvalue weighted by Gasteiger charge is 2.45. The summed E-state index contributed by atoms with van der Waals surface area (Å²) in [6, 6.07) is 14.1. The van der Waals surface area contributed by atoms with E-state index in [-0.39, 0.29) is 30.9 Å². The molecule has 1 aliphatic heterocycles. The van der Waals surface area contributed by atoms with Crippen molar-refractivity contribution in [3.63, 3.8) is 0 Å². The Morgan fingerprint density at radius 2 is 1.94 bits per heavy atom. The first-order valence-electron chi connectivity index (χ1n) is 11.2. The molecule has 3 aromatic rings. The number of aromatic nitrogens is 1. The third-order valence-electron chi connectivity index (χ3n) is 6.52. The van der Waals surface area contributed by atoms with Gasteiger partial charge in [0, 0.05) is 23.1 Å². The van der Waals surface area contributed by atoms with Crippen molar-refractivity contribution in [2.75, 3.05) is 13.7 Å². The van der Waals surface area contributed by atoms with E-state index in [2.05, 4.69) is 4.98 Å². The third kappa shape index (κ3) is 4.61. The van der Waals surface area contributed by atoms with E-state index in [1.165, 1.54) is 19.2 Å². The van der Waals surface area contributed by atoms with E-state index in [9.17, 15) is 19.1 Å². The number of rotatable bonds is 8. The van der Waals surface area contributed by atoms with Crippen LogP contribution in [0.25, 0.3) is 11.3 Å². The van der Waals surface area contributed by atoms with Crippen molar-refractivity contribution < 1.29 is 28.6 Å². The lowest BCUT2D eigenvalue weighted by atomic mass is 9.81.